The predicted molar refractivity (Wildman–Crippen MR) is 40.1 cm³/mol. The van der Waals surface area contributed by atoms with E-state index in [9.17, 15) is 8.76 Å². The minimum absolute atomic E-state index is 0. The maximum atomic E-state index is 11.8. The zero-order chi connectivity index (χ0) is 8.36. The summed E-state index contributed by atoms with van der Waals surface area (Å²) in [6.45, 7) is 7.43. The third kappa shape index (κ3) is 7.71. The van der Waals surface area contributed by atoms with Gasteiger partial charge in [-0.2, -0.15) is 4.20 Å². The molecular formula is C6H14FO2PTm. The van der Waals surface area contributed by atoms with Crippen LogP contribution in [0, 0.1) is 42.3 Å². The second kappa shape index (κ2) is 5.91. The molecule has 0 rings (SSSR count). The summed E-state index contributed by atoms with van der Waals surface area (Å²) >= 11 is 0. The number of halogens is 1. The van der Waals surface area contributed by atoms with Gasteiger partial charge < -0.3 is 4.52 Å². The molecule has 1 radical (unpaired) electrons. The third-order valence-electron chi connectivity index (χ3n) is 1.49. The molecule has 0 spiro atoms. The van der Waals surface area contributed by atoms with E-state index in [0.29, 0.717) is 0 Å². The second-order valence-corrected chi connectivity index (χ2v) is 4.07. The number of hydrogen-bond acceptors (Lipinski definition) is 2. The summed E-state index contributed by atoms with van der Waals surface area (Å²) in [5.41, 5.74) is -0.146. The van der Waals surface area contributed by atoms with E-state index in [1.54, 1.807) is 6.92 Å². The first-order valence-corrected chi connectivity index (χ1v) is 4.39. The van der Waals surface area contributed by atoms with E-state index in [1.807, 2.05) is 20.8 Å². The van der Waals surface area contributed by atoms with Crippen LogP contribution in [0.3, 0.4) is 0 Å². The SMILES string of the molecule is CC(O[PH](=O)F)C(C)(C)C.[Tm]. The molecule has 2 nitrogen and oxygen atoms in total. The van der Waals surface area contributed by atoms with E-state index in [-0.39, 0.29) is 48.4 Å². The first kappa shape index (κ1) is 14.9. The molecule has 0 saturated heterocycles. The normalized spacial score (nSPS) is 16.8. The summed E-state index contributed by atoms with van der Waals surface area (Å²) in [6, 6.07) is 0. The molecule has 2 unspecified atom stereocenters. The van der Waals surface area contributed by atoms with Gasteiger partial charge in [0.25, 0.3) is 0 Å². The predicted octanol–water partition coefficient (Wildman–Crippen LogP) is 2.80. The molecule has 0 heterocycles. The van der Waals surface area contributed by atoms with E-state index in [4.69, 9.17) is 0 Å². The van der Waals surface area contributed by atoms with Gasteiger partial charge in [-0.3, -0.25) is 4.57 Å². The fourth-order valence-electron chi connectivity index (χ4n) is 0.316. The van der Waals surface area contributed by atoms with Gasteiger partial charge in [-0.05, 0) is 12.3 Å². The van der Waals surface area contributed by atoms with Crippen LogP contribution in [0.2, 0.25) is 0 Å². The van der Waals surface area contributed by atoms with Gasteiger partial charge in [0.2, 0.25) is 0 Å². The van der Waals surface area contributed by atoms with Crippen LogP contribution in [0.4, 0.5) is 4.20 Å². The minimum atomic E-state index is -3.27. The van der Waals surface area contributed by atoms with Crippen LogP contribution in [0.15, 0.2) is 0 Å². The van der Waals surface area contributed by atoms with Gasteiger partial charge in [0, 0.05) is 36.9 Å². The average molecular weight is 337 g/mol. The van der Waals surface area contributed by atoms with Gasteiger partial charge >= 0.3 is 8.34 Å². The van der Waals surface area contributed by atoms with Crippen LogP contribution in [0.25, 0.3) is 0 Å². The maximum absolute atomic E-state index is 11.8. The Labute approximate surface area is 97.1 Å². The molecule has 0 aliphatic rings. The zero-order valence-corrected chi connectivity index (χ0v) is 9.83. The van der Waals surface area contributed by atoms with Gasteiger partial charge in [0.15, 0.2) is 0 Å². The Hall–Kier alpha value is 1.35. The molecule has 5 heteroatoms. The molecule has 0 amide bonds. The van der Waals surface area contributed by atoms with Crippen molar-refractivity contribution in [1.82, 2.24) is 0 Å². The minimum Gasteiger partial charge on any atom is -0.304 e. The van der Waals surface area contributed by atoms with Gasteiger partial charge in [-0.15, -0.1) is 0 Å². The smallest absolute Gasteiger partial charge is 0.304 e. The third-order valence-corrected chi connectivity index (χ3v) is 2.03. The summed E-state index contributed by atoms with van der Waals surface area (Å²) in [5.74, 6) is 0. The van der Waals surface area contributed by atoms with Crippen molar-refractivity contribution in [2.45, 2.75) is 33.8 Å². The van der Waals surface area contributed by atoms with Crippen molar-refractivity contribution in [3.05, 3.63) is 0 Å². The molecule has 75 valence electrons. The summed E-state index contributed by atoms with van der Waals surface area (Å²) in [6.07, 6.45) is -0.302. The molecule has 0 bridgehead atoms. The van der Waals surface area contributed by atoms with E-state index >= 15 is 0 Å². The molecular weight excluding hydrogens is 323 g/mol. The van der Waals surface area contributed by atoms with E-state index < -0.39 is 8.34 Å². The molecule has 11 heavy (non-hydrogen) atoms. The Balaban J connectivity index is 0. The van der Waals surface area contributed by atoms with Crippen molar-refractivity contribution in [3.63, 3.8) is 0 Å². The second-order valence-electron chi connectivity index (χ2n) is 3.36. The van der Waals surface area contributed by atoms with Crippen molar-refractivity contribution in [1.29, 1.82) is 0 Å². The molecule has 0 aromatic rings. The summed E-state index contributed by atoms with van der Waals surface area (Å²) in [4.78, 5) is 0. The molecule has 0 aromatic carbocycles. The van der Waals surface area contributed by atoms with Crippen molar-refractivity contribution in [2.75, 3.05) is 0 Å². The van der Waals surface area contributed by atoms with Crippen LogP contribution in [-0.4, -0.2) is 6.10 Å². The van der Waals surface area contributed by atoms with E-state index in [1.165, 1.54) is 0 Å². The van der Waals surface area contributed by atoms with Gasteiger partial charge in [-0.1, -0.05) is 20.8 Å². The van der Waals surface area contributed by atoms with Crippen LogP contribution < -0.4 is 0 Å². The summed E-state index contributed by atoms with van der Waals surface area (Å²) in [7, 11) is -3.27. The first-order valence-electron chi connectivity index (χ1n) is 3.20. The Morgan fingerprint density at radius 1 is 1.45 bits per heavy atom. The van der Waals surface area contributed by atoms with Crippen LogP contribution in [-0.2, 0) is 9.09 Å². The Bertz CT molecular complexity index is 135. The molecule has 0 saturated carbocycles. The zero-order valence-electron chi connectivity index (χ0n) is 7.05. The largest absolute Gasteiger partial charge is 0.356 e. The standard InChI is InChI=1S/C6H14FO2P.Tm/c1-5(6(2,3)4)9-10(7)8;/h5,10H,1-4H3;. The number of hydrogen-bond donors (Lipinski definition) is 0. The van der Waals surface area contributed by atoms with Gasteiger partial charge in [-0.25, -0.2) is 0 Å². The van der Waals surface area contributed by atoms with Crippen LogP contribution >= 0.6 is 8.34 Å². The molecule has 0 aliphatic heterocycles. The van der Waals surface area contributed by atoms with Crippen molar-refractivity contribution < 1.29 is 50.2 Å². The summed E-state index contributed by atoms with van der Waals surface area (Å²) < 4.78 is 26.3. The van der Waals surface area contributed by atoms with E-state index in [2.05, 4.69) is 4.52 Å². The molecule has 0 N–H and O–H groups in total. The van der Waals surface area contributed by atoms with Crippen molar-refractivity contribution in [3.8, 4) is 0 Å². The maximum Gasteiger partial charge on any atom is 0.356 e. The molecule has 0 aromatic heterocycles. The Kier molecular flexibility index (Phi) is 7.98. The van der Waals surface area contributed by atoms with Crippen LogP contribution in [0.1, 0.15) is 27.7 Å². The van der Waals surface area contributed by atoms with Crippen LogP contribution in [0.5, 0.6) is 0 Å². The quantitative estimate of drug-likeness (QED) is 0.725. The monoisotopic (exact) mass is 337 g/mol. The molecule has 0 aliphatic carbocycles. The fourth-order valence-corrected chi connectivity index (χ4v) is 0.947. The van der Waals surface area contributed by atoms with Crippen molar-refractivity contribution >= 4 is 8.34 Å². The Morgan fingerprint density at radius 2 is 1.82 bits per heavy atom. The van der Waals surface area contributed by atoms with E-state index in [0.717, 1.165) is 0 Å². The average Bonchev–Trinajstić information content (AvgIpc) is 1.60. The fraction of sp³-hybridized carbons (Fsp3) is 1.00. The van der Waals surface area contributed by atoms with Gasteiger partial charge in [0.1, 0.15) is 0 Å². The number of rotatable bonds is 2. The van der Waals surface area contributed by atoms with Crippen molar-refractivity contribution in [2.24, 2.45) is 5.41 Å². The van der Waals surface area contributed by atoms with Gasteiger partial charge in [0.05, 0.1) is 6.10 Å². The first-order chi connectivity index (χ1) is 4.34. The Morgan fingerprint density at radius 3 is 1.91 bits per heavy atom. The topological polar surface area (TPSA) is 26.3 Å². The molecule has 0 fully saturated rings. The molecule has 2 atom stereocenters. The summed E-state index contributed by atoms with van der Waals surface area (Å²) in [5, 5.41) is 0.